The fraction of sp³-hybridized carbons (Fsp3) is 0.333. The van der Waals surface area contributed by atoms with E-state index in [1.165, 1.54) is 54.6 Å². The third kappa shape index (κ3) is 7.70. The monoisotopic (exact) mass is 740 g/mol. The second-order valence-corrected chi connectivity index (χ2v) is 12.5. The number of ether oxygens (including phenoxy) is 4. The van der Waals surface area contributed by atoms with E-state index in [2.05, 4.69) is 0 Å². The van der Waals surface area contributed by atoms with E-state index in [1.807, 2.05) is 0 Å². The van der Waals surface area contributed by atoms with Crippen molar-refractivity contribution in [1.29, 1.82) is 0 Å². The quantitative estimate of drug-likeness (QED) is 0.0791. The summed E-state index contributed by atoms with van der Waals surface area (Å²) in [6.07, 6.45) is -15.8. The van der Waals surface area contributed by atoms with E-state index in [9.17, 15) is 60.7 Å². The van der Waals surface area contributed by atoms with Crippen molar-refractivity contribution in [3.8, 4) is 34.3 Å². The van der Waals surface area contributed by atoms with Crippen molar-refractivity contribution in [3.05, 3.63) is 88.1 Å². The SMILES string of the molecule is O=C(/C=C/c1ccc(O)cc1)OCC1OC(OC2C(c3c(O)cc4oc(-c5ccc(O)cc5)cc(=O)c4c3O)OC(CO)C(O)C2O)C(O)C(O)C1O. The summed E-state index contributed by atoms with van der Waals surface area (Å²) in [5, 5.41) is 105. The number of carbonyl (C=O) groups is 1. The van der Waals surface area contributed by atoms with Crippen molar-refractivity contribution in [2.24, 2.45) is 0 Å². The number of hydrogen-bond donors (Lipinski definition) is 10. The number of benzene rings is 3. The van der Waals surface area contributed by atoms with Gasteiger partial charge in [0.2, 0.25) is 0 Å². The lowest BCUT2D eigenvalue weighted by Crippen LogP contribution is -2.63. The Morgan fingerprint density at radius 3 is 2.08 bits per heavy atom. The van der Waals surface area contributed by atoms with Crippen LogP contribution in [0.5, 0.6) is 23.0 Å². The third-order valence-corrected chi connectivity index (χ3v) is 8.97. The van der Waals surface area contributed by atoms with Crippen LogP contribution in [0.2, 0.25) is 0 Å². The largest absolute Gasteiger partial charge is 0.508 e. The first-order valence-electron chi connectivity index (χ1n) is 16.2. The molecule has 0 spiro atoms. The van der Waals surface area contributed by atoms with Gasteiger partial charge >= 0.3 is 5.97 Å². The van der Waals surface area contributed by atoms with Crippen molar-refractivity contribution < 1.29 is 79.2 Å². The van der Waals surface area contributed by atoms with Gasteiger partial charge in [-0.3, -0.25) is 4.79 Å². The highest BCUT2D eigenvalue weighted by Crippen LogP contribution is 2.46. The molecule has 17 heteroatoms. The summed E-state index contributed by atoms with van der Waals surface area (Å²) in [6, 6.07) is 13.6. The van der Waals surface area contributed by atoms with E-state index >= 15 is 0 Å². The van der Waals surface area contributed by atoms with Crippen LogP contribution in [0.25, 0.3) is 28.4 Å². The summed E-state index contributed by atoms with van der Waals surface area (Å²) >= 11 is 0. The van der Waals surface area contributed by atoms with Crippen LogP contribution in [-0.2, 0) is 23.7 Å². The van der Waals surface area contributed by atoms with Gasteiger partial charge in [-0.15, -0.1) is 0 Å². The average Bonchev–Trinajstić information content (AvgIpc) is 3.13. The Labute approximate surface area is 299 Å². The lowest BCUT2D eigenvalue weighted by molar-refractivity contribution is -0.342. The molecule has 3 aromatic carbocycles. The van der Waals surface area contributed by atoms with Gasteiger partial charge in [0.15, 0.2) is 11.7 Å². The van der Waals surface area contributed by atoms with E-state index < -0.39 is 108 Å². The van der Waals surface area contributed by atoms with Crippen LogP contribution in [-0.4, -0.2) is 125 Å². The number of phenolic OH excluding ortho intramolecular Hbond substituents is 4. The van der Waals surface area contributed by atoms with Gasteiger partial charge < -0.3 is 74.4 Å². The minimum atomic E-state index is -2.02. The number of aliphatic hydroxyl groups excluding tert-OH is 6. The Kier molecular flexibility index (Phi) is 11.0. The normalized spacial score (nSPS) is 29.0. The topological polar surface area (TPSA) is 286 Å². The number of aromatic hydroxyl groups is 4. The van der Waals surface area contributed by atoms with Crippen molar-refractivity contribution >= 4 is 23.0 Å². The van der Waals surface area contributed by atoms with Crippen molar-refractivity contribution in [2.75, 3.05) is 13.2 Å². The molecule has 0 amide bonds. The number of phenols is 4. The average molecular weight is 741 g/mol. The maximum atomic E-state index is 13.3. The molecule has 10 unspecified atom stereocenters. The highest BCUT2D eigenvalue weighted by atomic mass is 16.7. The van der Waals surface area contributed by atoms with Gasteiger partial charge in [0.25, 0.3) is 0 Å². The molecule has 2 saturated heterocycles. The molecular weight excluding hydrogens is 704 g/mol. The van der Waals surface area contributed by atoms with E-state index in [0.29, 0.717) is 11.1 Å². The maximum Gasteiger partial charge on any atom is 0.330 e. The molecule has 2 fully saturated rings. The molecule has 53 heavy (non-hydrogen) atoms. The Morgan fingerprint density at radius 1 is 0.774 bits per heavy atom. The summed E-state index contributed by atoms with van der Waals surface area (Å²) in [7, 11) is 0. The van der Waals surface area contributed by atoms with Crippen LogP contribution in [0, 0.1) is 0 Å². The van der Waals surface area contributed by atoms with Gasteiger partial charge in [-0.05, 0) is 48.0 Å². The zero-order valence-electron chi connectivity index (χ0n) is 27.4. The molecule has 3 heterocycles. The lowest BCUT2D eigenvalue weighted by atomic mass is 9.89. The number of rotatable bonds is 9. The van der Waals surface area contributed by atoms with Crippen LogP contribution in [0.15, 0.2) is 76.0 Å². The van der Waals surface area contributed by atoms with Crippen LogP contribution in [0.3, 0.4) is 0 Å². The summed E-state index contributed by atoms with van der Waals surface area (Å²) in [4.78, 5) is 25.7. The standard InChI is InChI=1S/C36H36O17/c37-13-23-28(43)32(47)35(53-36-33(48)31(46)29(44)24(52-36)14-49-25(42)10-3-15-1-6-17(38)7-2-15)34(51-23)27-20(41)12-22-26(30(27)45)19(40)11-21(50-22)16-4-8-18(39)9-5-16/h1-12,23-24,28-29,31-39,41,43-48H,13-14H2/b10-3+. The number of fused-ring (bicyclic) bond motifs is 1. The Bertz CT molecular complexity index is 2010. The Balaban J connectivity index is 1.27. The van der Waals surface area contributed by atoms with E-state index in [-0.39, 0.29) is 22.8 Å². The van der Waals surface area contributed by atoms with Gasteiger partial charge in [0.1, 0.15) is 101 Å². The molecule has 0 radical (unpaired) electrons. The molecule has 4 aromatic rings. The summed E-state index contributed by atoms with van der Waals surface area (Å²) in [5.74, 6) is -2.50. The maximum absolute atomic E-state index is 13.3. The van der Waals surface area contributed by atoms with Crippen LogP contribution < -0.4 is 5.43 Å². The van der Waals surface area contributed by atoms with Gasteiger partial charge in [0.05, 0.1) is 12.2 Å². The molecule has 2 aliphatic rings. The van der Waals surface area contributed by atoms with E-state index in [4.69, 9.17) is 23.4 Å². The first-order valence-corrected chi connectivity index (χ1v) is 16.2. The van der Waals surface area contributed by atoms with E-state index in [1.54, 1.807) is 0 Å². The zero-order valence-corrected chi connectivity index (χ0v) is 27.4. The molecule has 10 atom stereocenters. The lowest BCUT2D eigenvalue weighted by Gasteiger charge is -2.46. The molecule has 1 aromatic heterocycles. The smallest absolute Gasteiger partial charge is 0.330 e. The summed E-state index contributed by atoms with van der Waals surface area (Å²) in [5.41, 5.74) is -0.663. The van der Waals surface area contributed by atoms with Crippen LogP contribution in [0.1, 0.15) is 17.2 Å². The third-order valence-electron chi connectivity index (χ3n) is 8.97. The van der Waals surface area contributed by atoms with Crippen LogP contribution in [0.4, 0.5) is 0 Å². The highest BCUT2D eigenvalue weighted by molar-refractivity contribution is 5.88. The summed E-state index contributed by atoms with van der Waals surface area (Å²) < 4.78 is 28.1. The van der Waals surface area contributed by atoms with Crippen molar-refractivity contribution in [1.82, 2.24) is 0 Å². The van der Waals surface area contributed by atoms with Gasteiger partial charge in [-0.2, -0.15) is 0 Å². The number of hydrogen-bond acceptors (Lipinski definition) is 17. The van der Waals surface area contributed by atoms with Crippen molar-refractivity contribution in [2.45, 2.75) is 61.2 Å². The molecular formula is C36H36O17. The van der Waals surface area contributed by atoms with Gasteiger partial charge in [-0.25, -0.2) is 4.79 Å². The predicted molar refractivity (Wildman–Crippen MR) is 179 cm³/mol. The predicted octanol–water partition coefficient (Wildman–Crippen LogP) is -0.114. The minimum absolute atomic E-state index is 0.0201. The molecule has 10 N–H and O–H groups in total. The Hall–Kier alpha value is -5.08. The summed E-state index contributed by atoms with van der Waals surface area (Å²) in [6.45, 7) is -1.53. The second kappa shape index (κ2) is 15.5. The minimum Gasteiger partial charge on any atom is -0.508 e. The van der Waals surface area contributed by atoms with Crippen LogP contribution >= 0.6 is 0 Å². The van der Waals surface area contributed by atoms with E-state index in [0.717, 1.165) is 18.2 Å². The first kappa shape index (κ1) is 37.7. The molecule has 6 rings (SSSR count). The molecule has 282 valence electrons. The van der Waals surface area contributed by atoms with Gasteiger partial charge in [0, 0.05) is 23.8 Å². The first-order chi connectivity index (χ1) is 25.3. The molecule has 2 aliphatic heterocycles. The number of esters is 1. The number of aliphatic hydroxyl groups is 6. The van der Waals surface area contributed by atoms with Crippen molar-refractivity contribution in [3.63, 3.8) is 0 Å². The highest BCUT2D eigenvalue weighted by Gasteiger charge is 2.52. The Morgan fingerprint density at radius 2 is 1.42 bits per heavy atom. The number of carbonyl (C=O) groups excluding carboxylic acids is 1. The second-order valence-electron chi connectivity index (χ2n) is 12.5. The fourth-order valence-electron chi connectivity index (χ4n) is 6.11. The fourth-order valence-corrected chi connectivity index (χ4v) is 6.11. The van der Waals surface area contributed by atoms with Gasteiger partial charge in [-0.1, -0.05) is 12.1 Å². The zero-order chi connectivity index (χ0) is 38.1. The molecule has 0 saturated carbocycles. The molecule has 0 bridgehead atoms. The molecule has 17 nitrogen and oxygen atoms in total. The molecule has 0 aliphatic carbocycles.